The molecule has 166 valence electrons. The van der Waals surface area contributed by atoms with Gasteiger partial charge >= 0.3 is 5.97 Å². The third-order valence-electron chi connectivity index (χ3n) is 4.72. The van der Waals surface area contributed by atoms with Crippen LogP contribution < -0.4 is 15.0 Å². The molecule has 2 amide bonds. The van der Waals surface area contributed by atoms with Gasteiger partial charge in [0.25, 0.3) is 11.8 Å². The van der Waals surface area contributed by atoms with Gasteiger partial charge in [0.15, 0.2) is 6.61 Å². The molecule has 2 aromatic carbocycles. The molecule has 0 aliphatic rings. The van der Waals surface area contributed by atoms with Gasteiger partial charge < -0.3 is 19.7 Å². The summed E-state index contributed by atoms with van der Waals surface area (Å²) in [5, 5.41) is 2.70. The third kappa shape index (κ3) is 6.31. The van der Waals surface area contributed by atoms with E-state index in [4.69, 9.17) is 9.47 Å². The molecule has 0 aliphatic carbocycles. The standard InChI is InChI=1S/C24H30N2O5/c1-16(2)22(25-23(28)19-13-9-10-14-20(19)30-5)24(29)31-15-21(27)26(17(3)4)18-11-7-6-8-12-18/h6-14,16-17,22H,15H2,1-5H3,(H,25,28)/t22-/m0/s1. The molecule has 0 unspecified atom stereocenters. The van der Waals surface area contributed by atoms with E-state index in [-0.39, 0.29) is 17.9 Å². The number of hydrogen-bond donors (Lipinski definition) is 1. The van der Waals surface area contributed by atoms with Gasteiger partial charge in [0.2, 0.25) is 0 Å². The van der Waals surface area contributed by atoms with Crippen molar-refractivity contribution in [1.82, 2.24) is 5.32 Å². The fourth-order valence-corrected chi connectivity index (χ4v) is 3.16. The molecule has 2 rings (SSSR count). The van der Waals surface area contributed by atoms with Crippen molar-refractivity contribution in [2.24, 2.45) is 5.92 Å². The fourth-order valence-electron chi connectivity index (χ4n) is 3.16. The zero-order chi connectivity index (χ0) is 23.0. The van der Waals surface area contributed by atoms with E-state index < -0.39 is 24.5 Å². The number of nitrogens with zero attached hydrogens (tertiary/aromatic N) is 1. The summed E-state index contributed by atoms with van der Waals surface area (Å²) in [7, 11) is 1.47. The maximum Gasteiger partial charge on any atom is 0.329 e. The lowest BCUT2D eigenvalue weighted by Gasteiger charge is -2.27. The number of anilines is 1. The Morgan fingerprint density at radius 2 is 1.55 bits per heavy atom. The van der Waals surface area contributed by atoms with Crippen LogP contribution in [0.25, 0.3) is 0 Å². The number of amides is 2. The number of ether oxygens (including phenoxy) is 2. The largest absolute Gasteiger partial charge is 0.496 e. The van der Waals surface area contributed by atoms with Crippen LogP contribution in [0.5, 0.6) is 5.75 Å². The number of carbonyl (C=O) groups excluding carboxylic acids is 3. The lowest BCUT2D eigenvalue weighted by Crippen LogP contribution is -2.47. The molecule has 1 N–H and O–H groups in total. The number of methoxy groups -OCH3 is 1. The number of hydrogen-bond acceptors (Lipinski definition) is 5. The Labute approximate surface area is 183 Å². The Kier molecular flexibility index (Phi) is 8.61. The average molecular weight is 427 g/mol. The molecule has 2 aromatic rings. The number of rotatable bonds is 9. The Hall–Kier alpha value is -3.35. The van der Waals surface area contributed by atoms with Crippen molar-refractivity contribution in [1.29, 1.82) is 0 Å². The van der Waals surface area contributed by atoms with Gasteiger partial charge in [-0.2, -0.15) is 0 Å². The highest BCUT2D eigenvalue weighted by Gasteiger charge is 2.29. The molecule has 7 nitrogen and oxygen atoms in total. The minimum absolute atomic E-state index is 0.111. The van der Waals surface area contributed by atoms with Crippen LogP contribution in [0.2, 0.25) is 0 Å². The van der Waals surface area contributed by atoms with E-state index in [0.29, 0.717) is 11.3 Å². The molecule has 0 aromatic heterocycles. The lowest BCUT2D eigenvalue weighted by molar-refractivity contribution is -0.150. The number of esters is 1. The Balaban J connectivity index is 2.07. The minimum atomic E-state index is -0.908. The quantitative estimate of drug-likeness (QED) is 0.621. The van der Waals surface area contributed by atoms with E-state index in [2.05, 4.69) is 5.32 Å². The Morgan fingerprint density at radius 3 is 2.13 bits per heavy atom. The number of para-hydroxylation sites is 2. The summed E-state index contributed by atoms with van der Waals surface area (Å²) in [6, 6.07) is 14.9. The van der Waals surface area contributed by atoms with Crippen molar-refractivity contribution in [3.05, 3.63) is 60.2 Å². The first-order valence-electron chi connectivity index (χ1n) is 10.2. The van der Waals surface area contributed by atoms with Gasteiger partial charge in [-0.05, 0) is 44.0 Å². The van der Waals surface area contributed by atoms with Crippen molar-refractivity contribution in [3.8, 4) is 5.75 Å². The molecular weight excluding hydrogens is 396 g/mol. The van der Waals surface area contributed by atoms with E-state index in [1.54, 1.807) is 43.0 Å². The molecular formula is C24H30N2O5. The number of carbonyl (C=O) groups is 3. The molecule has 0 aliphatic heterocycles. The van der Waals surface area contributed by atoms with Gasteiger partial charge in [0.05, 0.1) is 12.7 Å². The highest BCUT2D eigenvalue weighted by molar-refractivity contribution is 6.00. The Morgan fingerprint density at radius 1 is 0.935 bits per heavy atom. The molecule has 1 atom stereocenters. The zero-order valence-electron chi connectivity index (χ0n) is 18.6. The second-order valence-corrected chi connectivity index (χ2v) is 7.70. The zero-order valence-corrected chi connectivity index (χ0v) is 18.6. The van der Waals surface area contributed by atoms with Crippen LogP contribution in [-0.2, 0) is 14.3 Å². The summed E-state index contributed by atoms with van der Waals surface area (Å²) in [6.07, 6.45) is 0. The maximum absolute atomic E-state index is 12.8. The van der Waals surface area contributed by atoms with Gasteiger partial charge in [-0.25, -0.2) is 4.79 Å². The normalized spacial score (nSPS) is 11.7. The molecule has 7 heteroatoms. The molecule has 0 saturated carbocycles. The van der Waals surface area contributed by atoms with Gasteiger partial charge in [0, 0.05) is 11.7 Å². The van der Waals surface area contributed by atoms with E-state index in [0.717, 1.165) is 5.69 Å². The summed E-state index contributed by atoms with van der Waals surface area (Å²) >= 11 is 0. The number of benzene rings is 2. The van der Waals surface area contributed by atoms with E-state index in [9.17, 15) is 14.4 Å². The second kappa shape index (κ2) is 11.2. The first-order chi connectivity index (χ1) is 14.8. The molecule has 0 spiro atoms. The van der Waals surface area contributed by atoms with Gasteiger partial charge in [-0.15, -0.1) is 0 Å². The van der Waals surface area contributed by atoms with Crippen LogP contribution in [0.3, 0.4) is 0 Å². The molecule has 0 bridgehead atoms. The maximum atomic E-state index is 12.8. The molecule has 0 fully saturated rings. The first-order valence-corrected chi connectivity index (χ1v) is 10.2. The monoisotopic (exact) mass is 426 g/mol. The summed E-state index contributed by atoms with van der Waals surface area (Å²) in [6.45, 7) is 6.94. The predicted octanol–water partition coefficient (Wildman–Crippen LogP) is 3.43. The van der Waals surface area contributed by atoms with Crippen molar-refractivity contribution in [2.45, 2.75) is 39.8 Å². The topological polar surface area (TPSA) is 84.9 Å². The SMILES string of the molecule is COc1ccccc1C(=O)N[C@H](C(=O)OCC(=O)N(c1ccccc1)C(C)C)C(C)C. The molecule has 31 heavy (non-hydrogen) atoms. The van der Waals surface area contributed by atoms with Crippen LogP contribution in [0, 0.1) is 5.92 Å². The Bertz CT molecular complexity index is 896. The van der Waals surface area contributed by atoms with Crippen molar-refractivity contribution in [3.63, 3.8) is 0 Å². The molecule has 0 heterocycles. The fraction of sp³-hybridized carbons (Fsp3) is 0.375. The van der Waals surface area contributed by atoms with Crippen molar-refractivity contribution in [2.75, 3.05) is 18.6 Å². The smallest absolute Gasteiger partial charge is 0.329 e. The molecule has 0 radical (unpaired) electrons. The van der Waals surface area contributed by atoms with E-state index in [1.165, 1.54) is 7.11 Å². The highest BCUT2D eigenvalue weighted by Crippen LogP contribution is 2.19. The van der Waals surface area contributed by atoms with E-state index >= 15 is 0 Å². The highest BCUT2D eigenvalue weighted by atomic mass is 16.5. The van der Waals surface area contributed by atoms with Gasteiger partial charge in [-0.1, -0.05) is 44.2 Å². The summed E-state index contributed by atoms with van der Waals surface area (Å²) in [5.74, 6) is -1.29. The number of nitrogens with one attached hydrogen (secondary N) is 1. The second-order valence-electron chi connectivity index (χ2n) is 7.70. The lowest BCUT2D eigenvalue weighted by atomic mass is 10.0. The van der Waals surface area contributed by atoms with Crippen LogP contribution in [0.1, 0.15) is 38.1 Å². The van der Waals surface area contributed by atoms with E-state index in [1.807, 2.05) is 44.2 Å². The van der Waals surface area contributed by atoms with Crippen LogP contribution in [0.4, 0.5) is 5.69 Å². The van der Waals surface area contributed by atoms with Crippen LogP contribution in [0.15, 0.2) is 54.6 Å². The van der Waals surface area contributed by atoms with Gasteiger partial charge in [0.1, 0.15) is 11.8 Å². The van der Waals surface area contributed by atoms with Crippen LogP contribution >= 0.6 is 0 Å². The average Bonchev–Trinajstić information content (AvgIpc) is 2.76. The van der Waals surface area contributed by atoms with Crippen LogP contribution in [-0.4, -0.2) is 43.6 Å². The first kappa shape index (κ1) is 23.9. The predicted molar refractivity (Wildman–Crippen MR) is 119 cm³/mol. The molecule has 0 saturated heterocycles. The van der Waals surface area contributed by atoms with Crippen molar-refractivity contribution >= 4 is 23.5 Å². The van der Waals surface area contributed by atoms with Crippen molar-refractivity contribution < 1.29 is 23.9 Å². The van der Waals surface area contributed by atoms with Gasteiger partial charge in [-0.3, -0.25) is 9.59 Å². The summed E-state index contributed by atoms with van der Waals surface area (Å²) in [4.78, 5) is 39.7. The summed E-state index contributed by atoms with van der Waals surface area (Å²) in [5.41, 5.74) is 1.04. The third-order valence-corrected chi connectivity index (χ3v) is 4.72. The minimum Gasteiger partial charge on any atom is -0.496 e. The summed E-state index contributed by atoms with van der Waals surface area (Å²) < 4.78 is 10.5.